The van der Waals surface area contributed by atoms with E-state index in [-0.39, 0.29) is 11.4 Å². The molecule has 0 N–H and O–H groups in total. The summed E-state index contributed by atoms with van der Waals surface area (Å²) in [6.07, 6.45) is 0. The lowest BCUT2D eigenvalue weighted by Crippen LogP contribution is -2.21. The van der Waals surface area contributed by atoms with Crippen molar-refractivity contribution in [1.82, 2.24) is 4.57 Å². The van der Waals surface area contributed by atoms with E-state index in [0.29, 0.717) is 11.6 Å². The van der Waals surface area contributed by atoms with Crippen LogP contribution in [0.4, 0.5) is 4.39 Å². The van der Waals surface area contributed by atoms with Crippen molar-refractivity contribution >= 4 is 11.6 Å². The normalized spacial score (nSPS) is 10.5. The molecule has 1 heterocycles. The summed E-state index contributed by atoms with van der Waals surface area (Å²) < 4.78 is 14.3. The van der Waals surface area contributed by atoms with E-state index in [1.165, 1.54) is 18.2 Å². The minimum Gasteiger partial charge on any atom is -0.308 e. The Morgan fingerprint density at radius 3 is 2.47 bits per heavy atom. The molecule has 0 aliphatic rings. The molecule has 0 atom stereocenters. The van der Waals surface area contributed by atoms with E-state index in [9.17, 15) is 9.18 Å². The van der Waals surface area contributed by atoms with Crippen LogP contribution in [0.5, 0.6) is 0 Å². The highest BCUT2D eigenvalue weighted by Gasteiger charge is 2.03. The van der Waals surface area contributed by atoms with E-state index in [0.717, 1.165) is 11.3 Å². The number of pyridine rings is 1. The van der Waals surface area contributed by atoms with Gasteiger partial charge < -0.3 is 4.57 Å². The van der Waals surface area contributed by atoms with Crippen LogP contribution in [0.15, 0.2) is 41.2 Å². The molecule has 0 amide bonds. The van der Waals surface area contributed by atoms with Crippen LogP contribution in [0.1, 0.15) is 11.3 Å². The minimum atomic E-state index is -0.283. The number of aryl methyl sites for hydroxylation is 1. The van der Waals surface area contributed by atoms with Crippen LogP contribution in [0, 0.1) is 12.7 Å². The van der Waals surface area contributed by atoms with Crippen molar-refractivity contribution in [2.75, 3.05) is 0 Å². The lowest BCUT2D eigenvalue weighted by Gasteiger charge is -2.10. The molecule has 88 valence electrons. The molecule has 2 nitrogen and oxygen atoms in total. The van der Waals surface area contributed by atoms with Gasteiger partial charge in [0.15, 0.2) is 0 Å². The predicted octanol–water partition coefficient (Wildman–Crippen LogP) is 3.00. The van der Waals surface area contributed by atoms with Gasteiger partial charge in [-0.05, 0) is 30.7 Å². The van der Waals surface area contributed by atoms with E-state index in [1.54, 1.807) is 22.8 Å². The number of rotatable bonds is 2. The molecule has 1 aromatic heterocycles. The predicted molar refractivity (Wildman–Crippen MR) is 66.0 cm³/mol. The van der Waals surface area contributed by atoms with Crippen LogP contribution >= 0.6 is 11.6 Å². The fourth-order valence-electron chi connectivity index (χ4n) is 1.66. The molecular formula is C13H11ClFNO. The van der Waals surface area contributed by atoms with Crippen molar-refractivity contribution in [3.63, 3.8) is 0 Å². The highest BCUT2D eigenvalue weighted by atomic mass is 35.5. The summed E-state index contributed by atoms with van der Waals surface area (Å²) in [6, 6.07) is 9.19. The van der Waals surface area contributed by atoms with Crippen molar-refractivity contribution in [1.29, 1.82) is 0 Å². The zero-order valence-corrected chi connectivity index (χ0v) is 10.0. The van der Waals surface area contributed by atoms with E-state index in [1.807, 2.05) is 6.92 Å². The first-order valence-corrected chi connectivity index (χ1v) is 5.55. The summed E-state index contributed by atoms with van der Waals surface area (Å²) >= 11 is 5.78. The third-order valence-corrected chi connectivity index (χ3v) is 2.77. The second-order valence-corrected chi connectivity index (χ2v) is 4.30. The molecule has 0 radical (unpaired) electrons. The van der Waals surface area contributed by atoms with Gasteiger partial charge in [0.2, 0.25) is 0 Å². The Bertz CT molecular complexity index is 589. The van der Waals surface area contributed by atoms with Crippen LogP contribution in [-0.2, 0) is 6.54 Å². The van der Waals surface area contributed by atoms with Crippen LogP contribution in [0.25, 0.3) is 0 Å². The average Bonchev–Trinajstić information content (AvgIpc) is 2.26. The molecule has 17 heavy (non-hydrogen) atoms. The molecule has 0 spiro atoms. The maximum Gasteiger partial charge on any atom is 0.252 e. The fourth-order valence-corrected chi connectivity index (χ4v) is 1.92. The molecule has 0 aliphatic heterocycles. The second kappa shape index (κ2) is 4.72. The number of aromatic nitrogens is 1. The molecule has 2 rings (SSSR count). The maximum atomic E-state index is 12.8. The van der Waals surface area contributed by atoms with E-state index < -0.39 is 0 Å². The molecule has 2 aromatic rings. The van der Waals surface area contributed by atoms with Gasteiger partial charge in [0, 0.05) is 16.8 Å². The molecular weight excluding hydrogens is 241 g/mol. The molecule has 0 saturated carbocycles. The summed E-state index contributed by atoms with van der Waals surface area (Å²) in [4.78, 5) is 11.7. The molecule has 0 aliphatic carbocycles. The highest BCUT2D eigenvalue weighted by molar-refractivity contribution is 6.30. The summed E-state index contributed by atoms with van der Waals surface area (Å²) in [5, 5.41) is 0.433. The van der Waals surface area contributed by atoms with Crippen molar-refractivity contribution in [3.05, 3.63) is 68.8 Å². The third kappa shape index (κ3) is 2.74. The summed E-state index contributed by atoms with van der Waals surface area (Å²) in [6.45, 7) is 2.24. The van der Waals surface area contributed by atoms with Crippen molar-refractivity contribution in [3.8, 4) is 0 Å². The Labute approximate surface area is 103 Å². The van der Waals surface area contributed by atoms with Crippen LogP contribution < -0.4 is 5.56 Å². The quantitative estimate of drug-likeness (QED) is 0.804. The zero-order valence-electron chi connectivity index (χ0n) is 9.28. The average molecular weight is 252 g/mol. The summed E-state index contributed by atoms with van der Waals surface area (Å²) in [7, 11) is 0. The first-order chi connectivity index (χ1) is 8.06. The highest BCUT2D eigenvalue weighted by Crippen LogP contribution is 2.10. The van der Waals surface area contributed by atoms with Crippen molar-refractivity contribution in [2.45, 2.75) is 13.5 Å². The summed E-state index contributed by atoms with van der Waals surface area (Å²) in [5.74, 6) is -0.283. The van der Waals surface area contributed by atoms with Gasteiger partial charge in [-0.1, -0.05) is 23.7 Å². The Kier molecular flexibility index (Phi) is 3.29. The molecule has 1 aromatic carbocycles. The number of hydrogen-bond acceptors (Lipinski definition) is 1. The van der Waals surface area contributed by atoms with Crippen LogP contribution in [0.3, 0.4) is 0 Å². The number of halogens is 2. The lowest BCUT2D eigenvalue weighted by atomic mass is 10.2. The van der Waals surface area contributed by atoms with Crippen molar-refractivity contribution in [2.24, 2.45) is 0 Å². The first kappa shape index (κ1) is 11.9. The molecule has 4 heteroatoms. The molecule has 0 saturated heterocycles. The minimum absolute atomic E-state index is 0.153. The molecule has 0 bridgehead atoms. The number of benzene rings is 1. The number of nitrogens with zero attached hydrogens (tertiary/aromatic N) is 1. The first-order valence-electron chi connectivity index (χ1n) is 5.18. The largest absolute Gasteiger partial charge is 0.308 e. The van der Waals surface area contributed by atoms with E-state index >= 15 is 0 Å². The SMILES string of the molecule is Cc1cc(Cl)cc(=O)n1Cc1ccc(F)cc1. The van der Waals surface area contributed by atoms with Gasteiger partial charge >= 0.3 is 0 Å². The van der Waals surface area contributed by atoms with Crippen LogP contribution in [0.2, 0.25) is 5.02 Å². The fraction of sp³-hybridized carbons (Fsp3) is 0.154. The van der Waals surface area contributed by atoms with Crippen molar-refractivity contribution < 1.29 is 4.39 Å². The van der Waals surface area contributed by atoms with E-state index in [4.69, 9.17) is 11.6 Å². The Morgan fingerprint density at radius 1 is 1.24 bits per heavy atom. The zero-order chi connectivity index (χ0) is 12.4. The smallest absolute Gasteiger partial charge is 0.252 e. The van der Waals surface area contributed by atoms with Gasteiger partial charge in [-0.3, -0.25) is 4.79 Å². The van der Waals surface area contributed by atoms with Gasteiger partial charge in [-0.2, -0.15) is 0 Å². The monoisotopic (exact) mass is 251 g/mol. The maximum absolute atomic E-state index is 12.8. The Morgan fingerprint density at radius 2 is 1.88 bits per heavy atom. The Balaban J connectivity index is 2.36. The van der Waals surface area contributed by atoms with E-state index in [2.05, 4.69) is 0 Å². The van der Waals surface area contributed by atoms with Gasteiger partial charge in [0.05, 0.1) is 6.54 Å². The van der Waals surface area contributed by atoms with Gasteiger partial charge in [-0.15, -0.1) is 0 Å². The molecule has 0 unspecified atom stereocenters. The van der Waals surface area contributed by atoms with Crippen LogP contribution in [-0.4, -0.2) is 4.57 Å². The summed E-state index contributed by atoms with van der Waals surface area (Å²) in [5.41, 5.74) is 1.50. The molecule has 0 fully saturated rings. The Hall–Kier alpha value is -1.61. The standard InChI is InChI=1S/C13H11ClFNO/c1-9-6-11(14)7-13(17)16(9)8-10-2-4-12(15)5-3-10/h2-7H,8H2,1H3. The van der Waals surface area contributed by atoms with Gasteiger partial charge in [0.1, 0.15) is 5.82 Å². The number of hydrogen-bond donors (Lipinski definition) is 0. The van der Waals surface area contributed by atoms with Gasteiger partial charge in [-0.25, -0.2) is 4.39 Å². The lowest BCUT2D eigenvalue weighted by molar-refractivity contribution is 0.625. The topological polar surface area (TPSA) is 22.0 Å². The second-order valence-electron chi connectivity index (χ2n) is 3.87. The third-order valence-electron chi connectivity index (χ3n) is 2.55. The van der Waals surface area contributed by atoms with Gasteiger partial charge in [0.25, 0.3) is 5.56 Å².